The molecule has 2 amide bonds. The van der Waals surface area contributed by atoms with Gasteiger partial charge in [-0.05, 0) is 62.7 Å². The molecule has 0 aromatic heterocycles. The standard InChI is InChI=1S/C23H29N3O4/c1-13-10-15-6-8-19(29-4)17(11-15)18-12-16(7-9-20(18)30-5)21(24-3)23(28)26-14(2)22(27)25-13/h6-9,11-14,21,24H,10H2,1-5H3,(H,25,27)(H,26,28)/t13?,14-,21?/m0/s1. The molecule has 1 aliphatic heterocycles. The van der Waals surface area contributed by atoms with Gasteiger partial charge in [-0.15, -0.1) is 0 Å². The number of rotatable bonds is 3. The highest BCUT2D eigenvalue weighted by Gasteiger charge is 2.26. The number of ether oxygens (including phenoxy) is 2. The lowest BCUT2D eigenvalue weighted by Gasteiger charge is -2.24. The molecule has 2 aromatic carbocycles. The number of methoxy groups -OCH3 is 2. The quantitative estimate of drug-likeness (QED) is 0.721. The first-order valence-electron chi connectivity index (χ1n) is 10.0. The van der Waals surface area contributed by atoms with Crippen molar-refractivity contribution in [3.63, 3.8) is 0 Å². The second kappa shape index (κ2) is 9.17. The summed E-state index contributed by atoms with van der Waals surface area (Å²) in [6.07, 6.45) is 0.643. The summed E-state index contributed by atoms with van der Waals surface area (Å²) in [4.78, 5) is 25.4. The molecule has 7 nitrogen and oxygen atoms in total. The van der Waals surface area contributed by atoms with Gasteiger partial charge in [0.15, 0.2) is 0 Å². The Morgan fingerprint density at radius 3 is 2.17 bits per heavy atom. The van der Waals surface area contributed by atoms with Crippen molar-refractivity contribution >= 4 is 11.8 Å². The van der Waals surface area contributed by atoms with E-state index in [0.717, 1.165) is 22.3 Å². The summed E-state index contributed by atoms with van der Waals surface area (Å²) in [5, 5.41) is 8.82. The van der Waals surface area contributed by atoms with Crippen LogP contribution in [0.25, 0.3) is 11.1 Å². The van der Waals surface area contributed by atoms with Crippen LogP contribution < -0.4 is 25.4 Å². The molecule has 3 N–H and O–H groups in total. The molecule has 4 bridgehead atoms. The molecule has 3 atom stereocenters. The Kier molecular flexibility index (Phi) is 6.62. The van der Waals surface area contributed by atoms with E-state index in [1.165, 1.54) is 0 Å². The molecule has 0 saturated carbocycles. The van der Waals surface area contributed by atoms with Crippen molar-refractivity contribution in [1.82, 2.24) is 16.0 Å². The molecule has 1 heterocycles. The van der Waals surface area contributed by atoms with Crippen LogP contribution >= 0.6 is 0 Å². The Morgan fingerprint density at radius 1 is 0.900 bits per heavy atom. The van der Waals surface area contributed by atoms with Crippen LogP contribution in [0.2, 0.25) is 0 Å². The molecular weight excluding hydrogens is 382 g/mol. The summed E-state index contributed by atoms with van der Waals surface area (Å²) < 4.78 is 11.2. The van der Waals surface area contributed by atoms with Crippen LogP contribution in [0.15, 0.2) is 36.4 Å². The van der Waals surface area contributed by atoms with Gasteiger partial charge in [-0.2, -0.15) is 0 Å². The minimum atomic E-state index is -0.650. The predicted octanol–water partition coefficient (Wildman–Crippen LogP) is 2.20. The van der Waals surface area contributed by atoms with E-state index in [-0.39, 0.29) is 17.9 Å². The van der Waals surface area contributed by atoms with Gasteiger partial charge >= 0.3 is 0 Å². The van der Waals surface area contributed by atoms with Gasteiger partial charge in [0.1, 0.15) is 23.6 Å². The molecule has 3 rings (SSSR count). The van der Waals surface area contributed by atoms with Gasteiger partial charge in [0.2, 0.25) is 11.8 Å². The van der Waals surface area contributed by atoms with E-state index in [1.54, 1.807) is 28.2 Å². The van der Waals surface area contributed by atoms with Gasteiger partial charge in [0.05, 0.1) is 14.2 Å². The predicted molar refractivity (Wildman–Crippen MR) is 116 cm³/mol. The summed E-state index contributed by atoms with van der Waals surface area (Å²) in [5.41, 5.74) is 3.53. The van der Waals surface area contributed by atoms with E-state index < -0.39 is 12.1 Å². The molecular formula is C23H29N3O4. The lowest BCUT2D eigenvalue weighted by atomic mass is 9.94. The second-order valence-corrected chi connectivity index (χ2v) is 7.56. The number of nitrogens with one attached hydrogen (secondary N) is 3. The van der Waals surface area contributed by atoms with Crippen LogP contribution in [-0.2, 0) is 16.0 Å². The number of fused-ring (bicyclic) bond motifs is 5. The summed E-state index contributed by atoms with van der Waals surface area (Å²) in [6.45, 7) is 3.63. The number of hydrogen-bond donors (Lipinski definition) is 3. The van der Waals surface area contributed by atoms with Crippen LogP contribution in [0.1, 0.15) is 31.0 Å². The van der Waals surface area contributed by atoms with Crippen molar-refractivity contribution in [2.45, 2.75) is 38.4 Å². The summed E-state index contributed by atoms with van der Waals surface area (Å²) in [7, 11) is 4.96. The zero-order chi connectivity index (χ0) is 21.8. The van der Waals surface area contributed by atoms with Gasteiger partial charge < -0.3 is 25.4 Å². The summed E-state index contributed by atoms with van der Waals surface area (Å²) >= 11 is 0. The lowest BCUT2D eigenvalue weighted by Crippen LogP contribution is -2.50. The first-order chi connectivity index (χ1) is 14.4. The van der Waals surface area contributed by atoms with E-state index >= 15 is 0 Å². The average molecular weight is 412 g/mol. The van der Waals surface area contributed by atoms with Crippen molar-refractivity contribution in [3.05, 3.63) is 47.5 Å². The number of likely N-dealkylation sites (N-methyl/N-ethyl adjacent to an activating group) is 1. The molecule has 2 aromatic rings. The smallest absolute Gasteiger partial charge is 0.242 e. The van der Waals surface area contributed by atoms with Crippen LogP contribution in [0.4, 0.5) is 0 Å². The van der Waals surface area contributed by atoms with Crippen molar-refractivity contribution in [3.8, 4) is 22.6 Å². The lowest BCUT2D eigenvalue weighted by molar-refractivity contribution is -0.130. The number of benzene rings is 2. The van der Waals surface area contributed by atoms with E-state index in [9.17, 15) is 9.59 Å². The third kappa shape index (κ3) is 4.41. The molecule has 0 spiro atoms. The fourth-order valence-electron chi connectivity index (χ4n) is 3.79. The van der Waals surface area contributed by atoms with Crippen molar-refractivity contribution in [2.75, 3.05) is 21.3 Å². The Bertz CT molecular complexity index is 944. The largest absolute Gasteiger partial charge is 0.496 e. The molecule has 30 heavy (non-hydrogen) atoms. The number of hydrogen-bond acceptors (Lipinski definition) is 5. The molecule has 0 saturated heterocycles. The third-order valence-corrected chi connectivity index (χ3v) is 5.34. The zero-order valence-electron chi connectivity index (χ0n) is 18.0. The first-order valence-corrected chi connectivity index (χ1v) is 10.0. The van der Waals surface area contributed by atoms with Crippen LogP contribution in [0, 0.1) is 0 Å². The normalized spacial score (nSPS) is 21.8. The Balaban J connectivity index is 2.21. The topological polar surface area (TPSA) is 88.7 Å². The maximum absolute atomic E-state index is 12.9. The van der Waals surface area contributed by atoms with Crippen molar-refractivity contribution in [2.24, 2.45) is 0 Å². The number of carbonyl (C=O) groups excluding carboxylic acids is 2. The summed E-state index contributed by atoms with van der Waals surface area (Å²) in [5.74, 6) is 0.900. The van der Waals surface area contributed by atoms with Crippen molar-refractivity contribution < 1.29 is 19.1 Å². The monoisotopic (exact) mass is 411 g/mol. The van der Waals surface area contributed by atoms with E-state index in [0.29, 0.717) is 17.9 Å². The fourth-order valence-corrected chi connectivity index (χ4v) is 3.79. The highest BCUT2D eigenvalue weighted by molar-refractivity contribution is 5.90. The SMILES string of the molecule is CNC1C(=O)N[C@@H](C)C(=O)NC(C)Cc2ccc(OC)c(c2)-c2cc1ccc2OC. The van der Waals surface area contributed by atoms with Crippen molar-refractivity contribution in [1.29, 1.82) is 0 Å². The van der Waals surface area contributed by atoms with Crippen LogP contribution in [0.3, 0.4) is 0 Å². The van der Waals surface area contributed by atoms with Gasteiger partial charge in [-0.1, -0.05) is 12.1 Å². The average Bonchev–Trinajstić information content (AvgIpc) is 2.73. The highest BCUT2D eigenvalue weighted by atomic mass is 16.5. The second-order valence-electron chi connectivity index (χ2n) is 7.56. The minimum Gasteiger partial charge on any atom is -0.496 e. The Morgan fingerprint density at radius 2 is 1.53 bits per heavy atom. The fraction of sp³-hybridized carbons (Fsp3) is 0.391. The summed E-state index contributed by atoms with van der Waals surface area (Å²) in [6, 6.07) is 10.2. The third-order valence-electron chi connectivity index (χ3n) is 5.34. The van der Waals surface area contributed by atoms with Gasteiger partial charge in [-0.25, -0.2) is 0 Å². The van der Waals surface area contributed by atoms with E-state index in [1.807, 2.05) is 43.3 Å². The molecule has 160 valence electrons. The van der Waals surface area contributed by atoms with Gasteiger partial charge in [-0.3, -0.25) is 9.59 Å². The molecule has 0 radical (unpaired) electrons. The van der Waals surface area contributed by atoms with Gasteiger partial charge in [0, 0.05) is 17.2 Å². The van der Waals surface area contributed by atoms with Crippen LogP contribution in [0.5, 0.6) is 11.5 Å². The minimum absolute atomic E-state index is 0.102. The molecule has 1 aliphatic rings. The first kappa shape index (κ1) is 21.6. The van der Waals surface area contributed by atoms with E-state index in [2.05, 4.69) is 16.0 Å². The Labute approximate surface area is 177 Å². The number of carbonyl (C=O) groups is 2. The molecule has 7 heteroatoms. The highest BCUT2D eigenvalue weighted by Crippen LogP contribution is 2.39. The van der Waals surface area contributed by atoms with E-state index in [4.69, 9.17) is 9.47 Å². The zero-order valence-corrected chi connectivity index (χ0v) is 18.0. The maximum Gasteiger partial charge on any atom is 0.242 e. The molecule has 2 unspecified atom stereocenters. The maximum atomic E-state index is 12.9. The Hall–Kier alpha value is -3.06. The number of amides is 2. The molecule has 0 fully saturated rings. The molecule has 0 aliphatic carbocycles. The van der Waals surface area contributed by atoms with Gasteiger partial charge in [0.25, 0.3) is 0 Å². The van der Waals surface area contributed by atoms with Crippen LogP contribution in [-0.4, -0.2) is 45.2 Å².